The van der Waals surface area contributed by atoms with Crippen LogP contribution in [0.5, 0.6) is 0 Å². The Labute approximate surface area is 130 Å². The molecule has 0 aliphatic heterocycles. The van der Waals surface area contributed by atoms with E-state index < -0.39 is 6.04 Å². The van der Waals surface area contributed by atoms with Crippen LogP contribution in [-0.2, 0) is 14.3 Å². The Bertz CT molecular complexity index is 500. The minimum Gasteiger partial charge on any atom is -0.463 e. The molecule has 1 atom stereocenters. The first-order valence-corrected chi connectivity index (χ1v) is 7.43. The maximum atomic E-state index is 11.9. The van der Waals surface area contributed by atoms with Gasteiger partial charge in [0.2, 0.25) is 5.91 Å². The zero-order chi connectivity index (χ0) is 16.0. The number of rotatable bonds is 6. The number of amides is 1. The first kappa shape index (κ1) is 17.5. The molecule has 0 bridgehead atoms. The number of esters is 1. The van der Waals surface area contributed by atoms with Gasteiger partial charge in [0.15, 0.2) is 0 Å². The van der Waals surface area contributed by atoms with Crippen LogP contribution in [0.25, 0.3) is 0 Å². The van der Waals surface area contributed by atoms with Crippen LogP contribution < -0.4 is 5.32 Å². The average Bonchev–Trinajstić information content (AvgIpc) is 2.37. The highest BCUT2D eigenvalue weighted by Crippen LogP contribution is 2.26. The Balaban J connectivity index is 2.92. The molecule has 4 nitrogen and oxygen atoms in total. The third kappa shape index (κ3) is 5.76. The molecule has 0 fully saturated rings. The topological polar surface area (TPSA) is 55.4 Å². The molecule has 0 aromatic heterocycles. The van der Waals surface area contributed by atoms with Crippen molar-refractivity contribution in [3.05, 3.63) is 34.9 Å². The van der Waals surface area contributed by atoms with Crippen molar-refractivity contribution in [1.29, 1.82) is 0 Å². The summed E-state index contributed by atoms with van der Waals surface area (Å²) < 4.78 is 5.15. The molecule has 21 heavy (non-hydrogen) atoms. The number of carbonyl (C=O) groups excluding carboxylic acids is 2. The van der Waals surface area contributed by atoms with Gasteiger partial charge in [0, 0.05) is 10.9 Å². The maximum Gasteiger partial charge on any atom is 0.308 e. The molecule has 0 unspecified atom stereocenters. The molecule has 116 valence electrons. The van der Waals surface area contributed by atoms with Gasteiger partial charge in [-0.05, 0) is 25.5 Å². The molecule has 0 aliphatic rings. The van der Waals surface area contributed by atoms with E-state index in [9.17, 15) is 9.59 Å². The molecular weight excluding hydrogens is 290 g/mol. The molecule has 1 aromatic carbocycles. The lowest BCUT2D eigenvalue weighted by Crippen LogP contribution is -2.34. The second-order valence-electron chi connectivity index (χ2n) is 5.48. The molecule has 1 N–H and O–H groups in total. The highest BCUT2D eigenvalue weighted by Gasteiger charge is 2.22. The lowest BCUT2D eigenvalue weighted by molar-refractivity contribution is -0.148. The van der Waals surface area contributed by atoms with Crippen LogP contribution in [0.2, 0.25) is 5.02 Å². The SMILES string of the molecule is CC(C)OC(=O)C[C@H](NC(=O)C(C)C)c1ccccc1Cl. The Morgan fingerprint density at radius 3 is 2.33 bits per heavy atom. The predicted molar refractivity (Wildman–Crippen MR) is 83.0 cm³/mol. The van der Waals surface area contributed by atoms with Gasteiger partial charge in [-0.2, -0.15) is 0 Å². The molecule has 5 heteroatoms. The number of hydrogen-bond acceptors (Lipinski definition) is 3. The van der Waals surface area contributed by atoms with Crippen LogP contribution >= 0.6 is 11.6 Å². The summed E-state index contributed by atoms with van der Waals surface area (Å²) in [6, 6.07) is 6.68. The average molecular weight is 312 g/mol. The van der Waals surface area contributed by atoms with Crippen LogP contribution in [-0.4, -0.2) is 18.0 Å². The standard InChI is InChI=1S/C16H22ClNO3/c1-10(2)16(20)18-14(9-15(19)21-11(3)4)12-7-5-6-8-13(12)17/h5-8,10-11,14H,9H2,1-4H3,(H,18,20)/t14-/m0/s1. The number of halogens is 1. The highest BCUT2D eigenvalue weighted by atomic mass is 35.5. The zero-order valence-electron chi connectivity index (χ0n) is 12.9. The summed E-state index contributed by atoms with van der Waals surface area (Å²) >= 11 is 6.17. The van der Waals surface area contributed by atoms with E-state index in [1.54, 1.807) is 45.9 Å². The maximum absolute atomic E-state index is 11.9. The number of ether oxygens (including phenoxy) is 1. The molecule has 0 radical (unpaired) electrons. The van der Waals surface area contributed by atoms with Gasteiger partial charge >= 0.3 is 5.97 Å². The number of carbonyl (C=O) groups is 2. The fourth-order valence-corrected chi connectivity index (χ4v) is 2.08. The quantitative estimate of drug-likeness (QED) is 0.818. The Hall–Kier alpha value is -1.55. The third-order valence-electron chi connectivity index (χ3n) is 2.86. The van der Waals surface area contributed by atoms with Crippen molar-refractivity contribution >= 4 is 23.5 Å². The van der Waals surface area contributed by atoms with E-state index >= 15 is 0 Å². The van der Waals surface area contributed by atoms with Crippen molar-refractivity contribution in [2.75, 3.05) is 0 Å². The van der Waals surface area contributed by atoms with E-state index in [1.165, 1.54) is 0 Å². The minimum absolute atomic E-state index is 0.0559. The van der Waals surface area contributed by atoms with Crippen LogP contribution in [0.15, 0.2) is 24.3 Å². The third-order valence-corrected chi connectivity index (χ3v) is 3.20. The molecule has 1 aromatic rings. The fraction of sp³-hybridized carbons (Fsp3) is 0.500. The van der Waals surface area contributed by atoms with E-state index in [-0.39, 0.29) is 30.3 Å². The van der Waals surface area contributed by atoms with Crippen molar-refractivity contribution in [2.24, 2.45) is 5.92 Å². The van der Waals surface area contributed by atoms with E-state index in [2.05, 4.69) is 5.32 Å². The van der Waals surface area contributed by atoms with Crippen LogP contribution in [0, 0.1) is 5.92 Å². The molecule has 0 heterocycles. The van der Waals surface area contributed by atoms with E-state index in [1.807, 2.05) is 6.07 Å². The molecule has 0 aliphatic carbocycles. The molecular formula is C16H22ClNO3. The lowest BCUT2D eigenvalue weighted by atomic mass is 10.0. The van der Waals surface area contributed by atoms with E-state index in [0.717, 1.165) is 0 Å². The Morgan fingerprint density at radius 2 is 1.81 bits per heavy atom. The second-order valence-corrected chi connectivity index (χ2v) is 5.89. The highest BCUT2D eigenvalue weighted by molar-refractivity contribution is 6.31. The van der Waals surface area contributed by atoms with Crippen molar-refractivity contribution < 1.29 is 14.3 Å². The van der Waals surface area contributed by atoms with Crippen molar-refractivity contribution in [2.45, 2.75) is 46.3 Å². The van der Waals surface area contributed by atoms with Crippen molar-refractivity contribution in [1.82, 2.24) is 5.32 Å². The van der Waals surface area contributed by atoms with Crippen molar-refractivity contribution in [3.63, 3.8) is 0 Å². The van der Waals surface area contributed by atoms with Gasteiger partial charge < -0.3 is 10.1 Å². The van der Waals surface area contributed by atoms with Gasteiger partial charge in [0.05, 0.1) is 18.6 Å². The largest absolute Gasteiger partial charge is 0.463 e. The summed E-state index contributed by atoms with van der Waals surface area (Å²) in [7, 11) is 0. The van der Waals surface area contributed by atoms with E-state index in [4.69, 9.17) is 16.3 Å². The van der Waals surface area contributed by atoms with Crippen molar-refractivity contribution in [3.8, 4) is 0 Å². The number of nitrogens with one attached hydrogen (secondary N) is 1. The van der Waals surface area contributed by atoms with Gasteiger partial charge in [-0.15, -0.1) is 0 Å². The van der Waals surface area contributed by atoms with Gasteiger partial charge in [0.1, 0.15) is 0 Å². The van der Waals surface area contributed by atoms with Crippen LogP contribution in [0.4, 0.5) is 0 Å². The smallest absolute Gasteiger partial charge is 0.308 e. The normalized spacial score (nSPS) is 12.3. The summed E-state index contributed by atoms with van der Waals surface area (Å²) in [5, 5.41) is 3.37. The van der Waals surface area contributed by atoms with Gasteiger partial charge in [-0.25, -0.2) is 0 Å². The molecule has 1 amide bonds. The predicted octanol–water partition coefficient (Wildman–Crippen LogP) is 3.50. The Morgan fingerprint density at radius 1 is 1.19 bits per heavy atom. The molecule has 0 saturated carbocycles. The fourth-order valence-electron chi connectivity index (χ4n) is 1.81. The monoisotopic (exact) mass is 311 g/mol. The molecule has 0 saturated heterocycles. The second kappa shape index (κ2) is 8.03. The van der Waals surface area contributed by atoms with Crippen LogP contribution in [0.3, 0.4) is 0 Å². The van der Waals surface area contributed by atoms with Crippen LogP contribution in [0.1, 0.15) is 45.7 Å². The minimum atomic E-state index is -0.486. The number of hydrogen-bond donors (Lipinski definition) is 1. The lowest BCUT2D eigenvalue weighted by Gasteiger charge is -2.21. The summed E-state index contributed by atoms with van der Waals surface area (Å²) in [5.74, 6) is -0.660. The summed E-state index contributed by atoms with van der Waals surface area (Å²) in [6.45, 7) is 7.17. The summed E-state index contributed by atoms with van der Waals surface area (Å²) in [4.78, 5) is 23.8. The summed E-state index contributed by atoms with van der Waals surface area (Å²) in [5.41, 5.74) is 0.717. The molecule has 0 spiro atoms. The van der Waals surface area contributed by atoms with Gasteiger partial charge in [0.25, 0.3) is 0 Å². The van der Waals surface area contributed by atoms with Gasteiger partial charge in [-0.1, -0.05) is 43.6 Å². The number of benzene rings is 1. The van der Waals surface area contributed by atoms with E-state index in [0.29, 0.717) is 10.6 Å². The summed E-state index contributed by atoms with van der Waals surface area (Å²) in [6.07, 6.45) is -0.134. The first-order chi connectivity index (χ1) is 9.81. The molecule has 1 rings (SSSR count). The zero-order valence-corrected chi connectivity index (χ0v) is 13.6. The van der Waals surface area contributed by atoms with Gasteiger partial charge in [-0.3, -0.25) is 9.59 Å². The Kier molecular flexibility index (Phi) is 6.69. The first-order valence-electron chi connectivity index (χ1n) is 7.05.